The first kappa shape index (κ1) is 35.2. The van der Waals surface area contributed by atoms with Gasteiger partial charge in [-0.1, -0.05) is 52.7 Å². The maximum absolute atomic E-state index is 13.1. The fourth-order valence-corrected chi connectivity index (χ4v) is 7.30. The van der Waals surface area contributed by atoms with Gasteiger partial charge in [0.1, 0.15) is 11.8 Å². The molecule has 2 aliphatic heterocycles. The number of likely N-dealkylation sites (tertiary alicyclic amines) is 1. The Morgan fingerprint density at radius 3 is 2.49 bits per heavy atom. The van der Waals surface area contributed by atoms with Crippen LogP contribution in [-0.4, -0.2) is 114 Å². The standard InChI is InChI=1S/C29H52N6O7S/c1-6-7-8-9-10-13-21-18-29(21,26(38)39)32-25(37)22-14-11-17-35(22)24(36)19-30-27(40)31-23(28(2,3)4)20-34-16-12-15-33(5)43(34,41)42/h10,13,21-23,25,32,37H,6-9,11-12,14-20H2,1-5H3,(H,38,39)(H2,30,31,40)/b13-10-/t21?,22-,23?,25?,29+/m0/s1. The number of hydrogen-bond acceptors (Lipinski definition) is 7. The van der Waals surface area contributed by atoms with Gasteiger partial charge in [-0.05, 0) is 43.9 Å². The first-order valence-corrected chi connectivity index (χ1v) is 16.9. The summed E-state index contributed by atoms with van der Waals surface area (Å²) in [6, 6.07) is -1.73. The topological polar surface area (TPSA) is 172 Å². The average Bonchev–Trinajstić information content (AvgIpc) is 3.39. The lowest BCUT2D eigenvalue weighted by molar-refractivity contribution is -0.143. The molecule has 43 heavy (non-hydrogen) atoms. The zero-order chi connectivity index (χ0) is 32.0. The van der Waals surface area contributed by atoms with Crippen molar-refractivity contribution in [2.75, 3.05) is 39.8 Å². The van der Waals surface area contributed by atoms with Gasteiger partial charge in [-0.15, -0.1) is 0 Å². The van der Waals surface area contributed by atoms with E-state index in [1.54, 1.807) is 0 Å². The van der Waals surface area contributed by atoms with Crippen LogP contribution in [0, 0.1) is 11.3 Å². The molecule has 1 saturated carbocycles. The number of amides is 3. The lowest BCUT2D eigenvalue weighted by Gasteiger charge is -2.38. The van der Waals surface area contributed by atoms with E-state index in [0.717, 1.165) is 25.7 Å². The minimum Gasteiger partial charge on any atom is -0.480 e. The molecule has 0 spiro atoms. The summed E-state index contributed by atoms with van der Waals surface area (Å²) < 4.78 is 28.2. The van der Waals surface area contributed by atoms with E-state index < -0.39 is 57.4 Å². The summed E-state index contributed by atoms with van der Waals surface area (Å²) in [5, 5.41) is 29.3. The molecule has 3 unspecified atom stereocenters. The largest absolute Gasteiger partial charge is 0.480 e. The van der Waals surface area contributed by atoms with Gasteiger partial charge in [0.05, 0.1) is 12.6 Å². The number of allylic oxidation sites excluding steroid dienone is 1. The van der Waals surface area contributed by atoms with Gasteiger partial charge in [0.15, 0.2) is 0 Å². The van der Waals surface area contributed by atoms with Gasteiger partial charge in [-0.3, -0.25) is 14.9 Å². The van der Waals surface area contributed by atoms with Crippen LogP contribution in [0.5, 0.6) is 0 Å². The summed E-state index contributed by atoms with van der Waals surface area (Å²) in [4.78, 5) is 39.6. The number of carbonyl (C=O) groups excluding carboxylic acids is 2. The van der Waals surface area contributed by atoms with E-state index in [1.165, 1.54) is 20.6 Å². The molecule has 14 heteroatoms. The van der Waals surface area contributed by atoms with Gasteiger partial charge in [-0.25, -0.2) is 4.79 Å². The van der Waals surface area contributed by atoms with Crippen LogP contribution in [0.3, 0.4) is 0 Å². The molecule has 246 valence electrons. The number of carboxylic acid groups (broad SMARTS) is 1. The summed E-state index contributed by atoms with van der Waals surface area (Å²) in [6.07, 6.45) is 9.07. The van der Waals surface area contributed by atoms with Crippen molar-refractivity contribution in [3.63, 3.8) is 0 Å². The van der Waals surface area contributed by atoms with Gasteiger partial charge < -0.3 is 25.7 Å². The molecule has 3 amide bonds. The number of carbonyl (C=O) groups is 3. The number of aliphatic hydroxyl groups excluding tert-OH is 1. The maximum atomic E-state index is 13.1. The number of unbranched alkanes of at least 4 members (excludes halogenated alkanes) is 3. The minimum absolute atomic E-state index is 0.101. The van der Waals surface area contributed by atoms with Crippen molar-refractivity contribution in [1.29, 1.82) is 0 Å². The molecule has 0 aromatic heterocycles. The molecule has 1 aliphatic carbocycles. The first-order chi connectivity index (χ1) is 20.1. The number of hydrogen-bond donors (Lipinski definition) is 5. The highest BCUT2D eigenvalue weighted by Gasteiger charge is 2.60. The number of carboxylic acids is 1. The normalized spacial score (nSPS) is 27.6. The molecule has 0 bridgehead atoms. The quantitative estimate of drug-likeness (QED) is 0.109. The van der Waals surface area contributed by atoms with E-state index in [-0.39, 0.29) is 19.0 Å². The van der Waals surface area contributed by atoms with E-state index >= 15 is 0 Å². The highest BCUT2D eigenvalue weighted by atomic mass is 32.2. The van der Waals surface area contributed by atoms with Crippen LogP contribution < -0.4 is 16.0 Å². The van der Waals surface area contributed by atoms with Gasteiger partial charge in [0.2, 0.25) is 5.91 Å². The monoisotopic (exact) mass is 628 g/mol. The number of aliphatic carboxylic acids is 1. The molecule has 5 N–H and O–H groups in total. The number of nitrogens with zero attached hydrogens (tertiary/aromatic N) is 3. The molecule has 0 radical (unpaired) electrons. The van der Waals surface area contributed by atoms with E-state index in [9.17, 15) is 33.0 Å². The SMILES string of the molecule is CCCCC/C=C\C1C[C@]1(NC(O)[C@@H]1CCCN1C(=O)CNC(=O)NC(CN1CCCN(C)S1(=O)=O)C(C)(C)C)C(=O)O. The summed E-state index contributed by atoms with van der Waals surface area (Å²) in [5.74, 6) is -1.65. The number of nitrogens with one attached hydrogen (secondary N) is 3. The third kappa shape index (κ3) is 8.90. The fraction of sp³-hybridized carbons (Fsp3) is 0.828. The Hall–Kier alpha value is -2.26. The maximum Gasteiger partial charge on any atom is 0.324 e. The average molecular weight is 629 g/mol. The Labute approximate surface area is 256 Å². The van der Waals surface area contributed by atoms with E-state index in [2.05, 4.69) is 22.9 Å². The number of aliphatic hydroxyl groups is 1. The lowest BCUT2D eigenvalue weighted by Crippen LogP contribution is -2.58. The van der Waals surface area contributed by atoms with Crippen molar-refractivity contribution in [3.05, 3.63) is 12.2 Å². The molecule has 2 saturated heterocycles. The molecular weight excluding hydrogens is 576 g/mol. The number of urea groups is 1. The molecular formula is C29H52N6O7S. The Balaban J connectivity index is 1.54. The highest BCUT2D eigenvalue weighted by molar-refractivity contribution is 7.86. The molecule has 0 aromatic carbocycles. The first-order valence-electron chi connectivity index (χ1n) is 15.5. The minimum atomic E-state index is -3.61. The van der Waals surface area contributed by atoms with Gasteiger partial charge >= 0.3 is 12.0 Å². The predicted octanol–water partition coefficient (Wildman–Crippen LogP) is 1.46. The van der Waals surface area contributed by atoms with Crippen LogP contribution in [-0.2, 0) is 19.8 Å². The summed E-state index contributed by atoms with van der Waals surface area (Å²) in [6.45, 7) is 8.83. The van der Waals surface area contributed by atoms with Crippen molar-refractivity contribution in [2.24, 2.45) is 11.3 Å². The number of rotatable bonds is 14. The highest BCUT2D eigenvalue weighted by Crippen LogP contribution is 2.45. The predicted molar refractivity (Wildman–Crippen MR) is 163 cm³/mol. The fourth-order valence-electron chi connectivity index (χ4n) is 5.85. The van der Waals surface area contributed by atoms with Gasteiger partial charge in [-0.2, -0.15) is 17.0 Å². The second kappa shape index (κ2) is 14.7. The third-order valence-corrected chi connectivity index (χ3v) is 10.8. The lowest BCUT2D eigenvalue weighted by atomic mass is 9.86. The van der Waals surface area contributed by atoms with Crippen LogP contribution in [0.1, 0.15) is 79.1 Å². The second-order valence-corrected chi connectivity index (χ2v) is 15.2. The van der Waals surface area contributed by atoms with Crippen LogP contribution in [0.15, 0.2) is 12.2 Å². The van der Waals surface area contributed by atoms with Crippen molar-refractivity contribution < 1.29 is 33.0 Å². The molecule has 5 atom stereocenters. The van der Waals surface area contributed by atoms with Crippen molar-refractivity contribution >= 4 is 28.1 Å². The summed E-state index contributed by atoms with van der Waals surface area (Å²) in [7, 11) is -2.07. The molecule has 13 nitrogen and oxygen atoms in total. The van der Waals surface area contributed by atoms with Crippen LogP contribution >= 0.6 is 0 Å². The Morgan fingerprint density at radius 1 is 1.12 bits per heavy atom. The van der Waals surface area contributed by atoms with Crippen LogP contribution in [0.4, 0.5) is 4.79 Å². The van der Waals surface area contributed by atoms with Crippen molar-refractivity contribution in [1.82, 2.24) is 29.5 Å². The summed E-state index contributed by atoms with van der Waals surface area (Å²) >= 11 is 0. The zero-order valence-electron chi connectivity index (χ0n) is 26.3. The van der Waals surface area contributed by atoms with Crippen molar-refractivity contribution in [3.8, 4) is 0 Å². The van der Waals surface area contributed by atoms with Gasteiger partial charge in [0.25, 0.3) is 10.2 Å². The van der Waals surface area contributed by atoms with Crippen LogP contribution in [0.2, 0.25) is 0 Å². The molecule has 0 aromatic rings. The van der Waals surface area contributed by atoms with E-state index in [0.29, 0.717) is 45.3 Å². The third-order valence-electron chi connectivity index (χ3n) is 8.87. The zero-order valence-corrected chi connectivity index (χ0v) is 27.2. The van der Waals surface area contributed by atoms with Gasteiger partial charge in [0, 0.05) is 45.2 Å². The Morgan fingerprint density at radius 2 is 1.84 bits per heavy atom. The van der Waals surface area contributed by atoms with E-state index in [1.807, 2.05) is 32.9 Å². The summed E-state index contributed by atoms with van der Waals surface area (Å²) in [5.41, 5.74) is -1.72. The molecule has 3 rings (SSSR count). The van der Waals surface area contributed by atoms with Crippen LogP contribution in [0.25, 0.3) is 0 Å². The molecule has 3 fully saturated rings. The Bertz CT molecular complexity index is 1130. The second-order valence-electron chi connectivity index (χ2n) is 13.2. The smallest absolute Gasteiger partial charge is 0.324 e. The van der Waals surface area contributed by atoms with E-state index in [4.69, 9.17) is 0 Å². The molecule has 3 aliphatic rings. The molecule has 2 heterocycles. The van der Waals surface area contributed by atoms with Crippen molar-refractivity contribution in [2.45, 2.75) is 103 Å². The Kier molecular flexibility index (Phi) is 12.0.